The van der Waals surface area contributed by atoms with Crippen molar-refractivity contribution in [2.24, 2.45) is 11.7 Å². The van der Waals surface area contributed by atoms with Crippen molar-refractivity contribution in [2.75, 3.05) is 37.7 Å². The molecule has 1 aliphatic carbocycles. The van der Waals surface area contributed by atoms with E-state index in [0.29, 0.717) is 24.3 Å². The Balaban J connectivity index is 0. The highest BCUT2D eigenvalue weighted by Crippen LogP contribution is 2.23. The molecule has 1 fully saturated rings. The summed E-state index contributed by atoms with van der Waals surface area (Å²) in [6.45, 7) is 8.29. The minimum absolute atomic E-state index is 0. The van der Waals surface area contributed by atoms with Crippen molar-refractivity contribution in [3.63, 3.8) is 0 Å². The van der Waals surface area contributed by atoms with Gasteiger partial charge in [-0.3, -0.25) is 4.79 Å². The molecule has 22 heavy (non-hydrogen) atoms. The minimum atomic E-state index is 0. The summed E-state index contributed by atoms with van der Waals surface area (Å²) in [5.74, 6) is 2.27. The van der Waals surface area contributed by atoms with Gasteiger partial charge in [-0.15, -0.1) is 24.8 Å². The Hall–Kier alpha value is 0.320. The molecule has 0 heterocycles. The van der Waals surface area contributed by atoms with Crippen molar-refractivity contribution in [3.05, 3.63) is 0 Å². The lowest BCUT2D eigenvalue weighted by atomic mass is 9.84. The van der Waals surface area contributed by atoms with Crippen molar-refractivity contribution in [3.8, 4) is 0 Å². The number of hydrogen-bond donors (Lipinski definition) is 2. The van der Waals surface area contributed by atoms with Gasteiger partial charge in [0, 0.05) is 18.3 Å². The maximum absolute atomic E-state index is 12.0. The maximum atomic E-state index is 12.0. The van der Waals surface area contributed by atoms with E-state index in [4.69, 9.17) is 5.73 Å². The van der Waals surface area contributed by atoms with Gasteiger partial charge in [0.05, 0.1) is 5.75 Å². The smallest absolute Gasteiger partial charge is 0.230 e. The Morgan fingerprint density at radius 1 is 1.23 bits per heavy atom. The monoisotopic (exact) mass is 373 g/mol. The molecule has 0 aromatic heterocycles. The Kier molecular flexibility index (Phi) is 16.6. The largest absolute Gasteiger partial charge is 0.352 e. The van der Waals surface area contributed by atoms with Crippen LogP contribution in [0.25, 0.3) is 0 Å². The van der Waals surface area contributed by atoms with E-state index in [9.17, 15) is 4.79 Å². The summed E-state index contributed by atoms with van der Waals surface area (Å²) >= 11 is 1.73. The van der Waals surface area contributed by atoms with Crippen LogP contribution >= 0.6 is 36.6 Å². The van der Waals surface area contributed by atoms with Crippen LogP contribution in [0.15, 0.2) is 0 Å². The lowest BCUT2D eigenvalue weighted by Gasteiger charge is -2.31. The number of carbonyl (C=O) groups is 1. The van der Waals surface area contributed by atoms with Crippen LogP contribution in [0.4, 0.5) is 0 Å². The highest BCUT2D eigenvalue weighted by Gasteiger charge is 2.24. The molecular formula is C15H33Cl2N3OS. The van der Waals surface area contributed by atoms with Gasteiger partial charge in [0.15, 0.2) is 0 Å². The molecule has 0 spiro atoms. The fourth-order valence-electron chi connectivity index (χ4n) is 2.83. The molecule has 7 heteroatoms. The van der Waals surface area contributed by atoms with Crippen LogP contribution in [0.3, 0.4) is 0 Å². The quantitative estimate of drug-likeness (QED) is 0.609. The van der Waals surface area contributed by atoms with Gasteiger partial charge in [0.2, 0.25) is 5.91 Å². The van der Waals surface area contributed by atoms with Crippen molar-refractivity contribution < 1.29 is 4.79 Å². The molecule has 1 amide bonds. The normalized spacial score (nSPS) is 20.9. The number of amides is 1. The van der Waals surface area contributed by atoms with Crippen LogP contribution in [-0.2, 0) is 4.79 Å². The fraction of sp³-hybridized carbons (Fsp3) is 0.933. The molecule has 4 nitrogen and oxygen atoms in total. The number of halogens is 2. The standard InChI is InChI=1S/C15H31N3OS.2ClH/c1-3-18(4-2)9-10-20-12-15(19)17-14-8-6-5-7-13(14)11-16;;/h13-14H,3-12,16H2,1-2H3,(H,17,19);2*1H. The van der Waals surface area contributed by atoms with Gasteiger partial charge in [0.1, 0.15) is 0 Å². The molecule has 134 valence electrons. The Morgan fingerprint density at radius 2 is 1.86 bits per heavy atom. The molecule has 3 N–H and O–H groups in total. The molecule has 0 aromatic rings. The molecule has 0 bridgehead atoms. The van der Waals surface area contributed by atoms with E-state index in [1.54, 1.807) is 11.8 Å². The molecule has 2 unspecified atom stereocenters. The lowest BCUT2D eigenvalue weighted by molar-refractivity contribution is -0.119. The first-order chi connectivity index (χ1) is 9.71. The average Bonchev–Trinajstić information content (AvgIpc) is 2.48. The summed E-state index contributed by atoms with van der Waals surface area (Å²) in [4.78, 5) is 14.4. The van der Waals surface area contributed by atoms with Crippen LogP contribution in [0.2, 0.25) is 0 Å². The van der Waals surface area contributed by atoms with Crippen molar-refractivity contribution in [2.45, 2.75) is 45.6 Å². The molecular weight excluding hydrogens is 341 g/mol. The summed E-state index contributed by atoms with van der Waals surface area (Å²) in [6, 6.07) is 0.310. The number of hydrogen-bond acceptors (Lipinski definition) is 4. The molecule has 0 aliphatic heterocycles. The van der Waals surface area contributed by atoms with E-state index in [2.05, 4.69) is 24.1 Å². The minimum Gasteiger partial charge on any atom is -0.352 e. The number of nitrogens with zero attached hydrogens (tertiary/aromatic N) is 1. The van der Waals surface area contributed by atoms with E-state index < -0.39 is 0 Å². The van der Waals surface area contributed by atoms with E-state index in [1.807, 2.05) is 0 Å². The van der Waals surface area contributed by atoms with Gasteiger partial charge in [-0.25, -0.2) is 0 Å². The number of rotatable bonds is 9. The molecule has 2 atom stereocenters. The third kappa shape index (κ3) is 9.46. The molecule has 1 saturated carbocycles. The summed E-state index contributed by atoms with van der Waals surface area (Å²) in [7, 11) is 0. The van der Waals surface area contributed by atoms with Crippen molar-refractivity contribution in [1.29, 1.82) is 0 Å². The first kappa shape index (κ1) is 24.6. The number of nitrogens with two attached hydrogens (primary N) is 1. The molecule has 0 aromatic carbocycles. The van der Waals surface area contributed by atoms with Crippen molar-refractivity contribution in [1.82, 2.24) is 10.2 Å². The van der Waals surface area contributed by atoms with Crippen LogP contribution in [0.5, 0.6) is 0 Å². The molecule has 1 aliphatic rings. The Labute approximate surface area is 152 Å². The van der Waals surface area contributed by atoms with E-state index in [-0.39, 0.29) is 30.7 Å². The molecule has 1 rings (SSSR count). The van der Waals surface area contributed by atoms with Gasteiger partial charge in [-0.1, -0.05) is 26.7 Å². The van der Waals surface area contributed by atoms with Gasteiger partial charge >= 0.3 is 0 Å². The summed E-state index contributed by atoms with van der Waals surface area (Å²) in [5.41, 5.74) is 5.79. The van der Waals surface area contributed by atoms with Gasteiger partial charge in [-0.2, -0.15) is 11.8 Å². The van der Waals surface area contributed by atoms with Gasteiger partial charge in [0.25, 0.3) is 0 Å². The number of carbonyl (C=O) groups excluding carboxylic acids is 1. The zero-order valence-electron chi connectivity index (χ0n) is 13.9. The first-order valence-electron chi connectivity index (χ1n) is 8.00. The predicted molar refractivity (Wildman–Crippen MR) is 103 cm³/mol. The highest BCUT2D eigenvalue weighted by molar-refractivity contribution is 7.99. The van der Waals surface area contributed by atoms with E-state index in [1.165, 1.54) is 12.8 Å². The van der Waals surface area contributed by atoms with Crippen molar-refractivity contribution >= 4 is 42.5 Å². The van der Waals surface area contributed by atoms with Crippen LogP contribution in [0, 0.1) is 5.92 Å². The lowest BCUT2D eigenvalue weighted by Crippen LogP contribution is -2.45. The van der Waals surface area contributed by atoms with Gasteiger partial charge < -0.3 is 16.0 Å². The third-order valence-corrected chi connectivity index (χ3v) is 5.18. The second-order valence-electron chi connectivity index (χ2n) is 5.53. The summed E-state index contributed by atoms with van der Waals surface area (Å²) < 4.78 is 0. The summed E-state index contributed by atoms with van der Waals surface area (Å²) in [5, 5.41) is 3.18. The maximum Gasteiger partial charge on any atom is 0.230 e. The SMILES string of the molecule is CCN(CC)CCSCC(=O)NC1CCCCC1CN.Cl.Cl. The molecule has 0 radical (unpaired) electrons. The number of nitrogens with one attached hydrogen (secondary N) is 1. The van der Waals surface area contributed by atoms with Crippen LogP contribution in [-0.4, -0.2) is 54.5 Å². The van der Waals surface area contributed by atoms with Crippen LogP contribution in [0.1, 0.15) is 39.5 Å². The van der Waals surface area contributed by atoms with Crippen LogP contribution < -0.4 is 11.1 Å². The second-order valence-corrected chi connectivity index (χ2v) is 6.64. The average molecular weight is 374 g/mol. The zero-order chi connectivity index (χ0) is 14.8. The Bertz CT molecular complexity index is 282. The van der Waals surface area contributed by atoms with Gasteiger partial charge in [-0.05, 0) is 38.4 Å². The predicted octanol–water partition coefficient (Wildman–Crippen LogP) is 2.54. The fourth-order valence-corrected chi connectivity index (χ4v) is 3.63. The zero-order valence-corrected chi connectivity index (χ0v) is 16.3. The first-order valence-corrected chi connectivity index (χ1v) is 9.16. The van der Waals surface area contributed by atoms with E-state index >= 15 is 0 Å². The third-order valence-electron chi connectivity index (χ3n) is 4.24. The topological polar surface area (TPSA) is 58.4 Å². The van der Waals surface area contributed by atoms with E-state index in [0.717, 1.165) is 38.2 Å². The number of thioether (sulfide) groups is 1. The Morgan fingerprint density at radius 3 is 2.45 bits per heavy atom. The molecule has 0 saturated heterocycles. The summed E-state index contributed by atoms with van der Waals surface area (Å²) in [6.07, 6.45) is 4.73. The second kappa shape index (κ2) is 14.9. The highest BCUT2D eigenvalue weighted by atomic mass is 35.5.